The minimum Gasteiger partial charge on any atom is -0.463 e. The minimum atomic E-state index is -0.763. The van der Waals surface area contributed by atoms with E-state index in [1.54, 1.807) is 6.92 Å². The van der Waals surface area contributed by atoms with Crippen molar-refractivity contribution in [1.82, 2.24) is 15.8 Å². The van der Waals surface area contributed by atoms with Crippen molar-refractivity contribution in [1.29, 1.82) is 0 Å². The highest BCUT2D eigenvalue weighted by Crippen LogP contribution is 2.09. The standard InChI is InChI=1S/C14H21N3O6/c1-9(2)4-5-15-14(20)16-11(18)7-22-13(19)8-21-12-6-10(3)23-17-12/h6,9H,4-5,7-8H2,1-3H3,(H2,15,16,18,20). The van der Waals surface area contributed by atoms with Crippen molar-refractivity contribution in [3.63, 3.8) is 0 Å². The number of ether oxygens (including phenoxy) is 2. The second-order valence-electron chi connectivity index (χ2n) is 5.21. The van der Waals surface area contributed by atoms with Gasteiger partial charge in [-0.2, -0.15) is 0 Å². The van der Waals surface area contributed by atoms with Crippen LogP contribution in [-0.2, 0) is 14.3 Å². The number of esters is 1. The first-order valence-corrected chi connectivity index (χ1v) is 7.16. The van der Waals surface area contributed by atoms with Gasteiger partial charge >= 0.3 is 12.0 Å². The van der Waals surface area contributed by atoms with Gasteiger partial charge < -0.3 is 19.3 Å². The van der Waals surface area contributed by atoms with Gasteiger partial charge in [0.05, 0.1) is 0 Å². The number of carbonyl (C=O) groups is 3. The van der Waals surface area contributed by atoms with E-state index in [9.17, 15) is 14.4 Å². The average Bonchev–Trinajstić information content (AvgIpc) is 2.88. The number of rotatable bonds is 8. The number of imide groups is 1. The Labute approximate surface area is 133 Å². The maximum Gasteiger partial charge on any atom is 0.344 e. The Morgan fingerprint density at radius 2 is 2.04 bits per heavy atom. The van der Waals surface area contributed by atoms with E-state index >= 15 is 0 Å². The van der Waals surface area contributed by atoms with Crippen LogP contribution in [0.4, 0.5) is 4.79 Å². The zero-order valence-corrected chi connectivity index (χ0v) is 13.4. The van der Waals surface area contributed by atoms with Gasteiger partial charge in [0.25, 0.3) is 11.8 Å². The maximum atomic E-state index is 11.4. The summed E-state index contributed by atoms with van der Waals surface area (Å²) in [5.41, 5.74) is 0. The van der Waals surface area contributed by atoms with Gasteiger partial charge in [-0.15, -0.1) is 0 Å². The van der Waals surface area contributed by atoms with Gasteiger partial charge in [-0.3, -0.25) is 10.1 Å². The highest BCUT2D eigenvalue weighted by molar-refractivity contribution is 5.95. The van der Waals surface area contributed by atoms with Crippen LogP contribution in [-0.4, -0.2) is 42.8 Å². The van der Waals surface area contributed by atoms with Gasteiger partial charge in [0.1, 0.15) is 5.76 Å². The van der Waals surface area contributed by atoms with Crippen molar-refractivity contribution in [2.45, 2.75) is 27.2 Å². The van der Waals surface area contributed by atoms with E-state index in [2.05, 4.69) is 20.5 Å². The number of nitrogens with one attached hydrogen (secondary N) is 2. The molecule has 2 N–H and O–H groups in total. The van der Waals surface area contributed by atoms with Crippen molar-refractivity contribution < 1.29 is 28.4 Å². The molecule has 0 bridgehead atoms. The Balaban J connectivity index is 2.14. The fourth-order valence-corrected chi connectivity index (χ4v) is 1.41. The predicted octanol–water partition coefficient (Wildman–Crippen LogP) is 0.777. The molecule has 0 saturated carbocycles. The van der Waals surface area contributed by atoms with Gasteiger partial charge in [0, 0.05) is 12.6 Å². The van der Waals surface area contributed by atoms with Gasteiger partial charge in [-0.1, -0.05) is 13.8 Å². The molecule has 3 amide bonds. The van der Waals surface area contributed by atoms with Crippen LogP contribution < -0.4 is 15.4 Å². The van der Waals surface area contributed by atoms with Crippen LogP contribution in [0.25, 0.3) is 0 Å². The van der Waals surface area contributed by atoms with E-state index in [-0.39, 0.29) is 5.88 Å². The fourth-order valence-electron chi connectivity index (χ4n) is 1.41. The molecule has 0 aliphatic heterocycles. The smallest absolute Gasteiger partial charge is 0.344 e. The lowest BCUT2D eigenvalue weighted by atomic mass is 10.1. The Kier molecular flexibility index (Phi) is 7.58. The minimum absolute atomic E-state index is 0.147. The highest BCUT2D eigenvalue weighted by Gasteiger charge is 2.12. The summed E-state index contributed by atoms with van der Waals surface area (Å²) in [6.07, 6.45) is 0.801. The molecule has 0 aliphatic rings. The van der Waals surface area contributed by atoms with Crippen LogP contribution >= 0.6 is 0 Å². The molecule has 0 atom stereocenters. The van der Waals surface area contributed by atoms with Crippen LogP contribution in [0.2, 0.25) is 0 Å². The van der Waals surface area contributed by atoms with Crippen molar-refractivity contribution in [2.24, 2.45) is 5.92 Å². The van der Waals surface area contributed by atoms with Crippen molar-refractivity contribution in [2.75, 3.05) is 19.8 Å². The molecule has 9 heteroatoms. The molecule has 1 aromatic rings. The topological polar surface area (TPSA) is 120 Å². The molecule has 128 valence electrons. The normalized spacial score (nSPS) is 10.3. The Bertz CT molecular complexity index is 540. The van der Waals surface area contributed by atoms with Crippen LogP contribution in [0.15, 0.2) is 10.6 Å². The molecule has 23 heavy (non-hydrogen) atoms. The van der Waals surface area contributed by atoms with Crippen LogP contribution in [0.1, 0.15) is 26.0 Å². The largest absolute Gasteiger partial charge is 0.463 e. The molecular formula is C14H21N3O6. The van der Waals surface area contributed by atoms with E-state index in [1.807, 2.05) is 13.8 Å². The van der Waals surface area contributed by atoms with Crippen molar-refractivity contribution in [3.05, 3.63) is 11.8 Å². The zero-order chi connectivity index (χ0) is 17.2. The summed E-state index contributed by atoms with van der Waals surface area (Å²) < 4.78 is 14.4. The monoisotopic (exact) mass is 327 g/mol. The third-order valence-corrected chi connectivity index (χ3v) is 2.57. The van der Waals surface area contributed by atoms with E-state index in [1.165, 1.54) is 6.07 Å². The first kappa shape index (κ1) is 18.5. The van der Waals surface area contributed by atoms with Gasteiger partial charge in [-0.05, 0) is 24.4 Å². The molecule has 0 unspecified atom stereocenters. The third kappa shape index (κ3) is 8.44. The lowest BCUT2D eigenvalue weighted by Gasteiger charge is -2.08. The summed E-state index contributed by atoms with van der Waals surface area (Å²) in [6.45, 7) is 5.19. The molecule has 0 spiro atoms. The summed E-state index contributed by atoms with van der Waals surface area (Å²) in [5, 5.41) is 8.10. The first-order valence-electron chi connectivity index (χ1n) is 7.16. The maximum absolute atomic E-state index is 11.4. The highest BCUT2D eigenvalue weighted by atomic mass is 16.6. The molecule has 0 fully saturated rings. The molecule has 9 nitrogen and oxygen atoms in total. The number of urea groups is 1. The Morgan fingerprint density at radius 3 is 2.65 bits per heavy atom. The number of carbonyl (C=O) groups excluding carboxylic acids is 3. The number of aromatic nitrogens is 1. The van der Waals surface area contributed by atoms with E-state index in [0.29, 0.717) is 18.2 Å². The summed E-state index contributed by atoms with van der Waals surface area (Å²) in [6, 6.07) is 0.877. The number of nitrogens with zero attached hydrogens (tertiary/aromatic N) is 1. The first-order chi connectivity index (χ1) is 10.9. The summed E-state index contributed by atoms with van der Waals surface area (Å²) in [5.74, 6) is -0.358. The van der Waals surface area contributed by atoms with Crippen molar-refractivity contribution >= 4 is 17.9 Å². The molecule has 1 aromatic heterocycles. The predicted molar refractivity (Wildman–Crippen MR) is 78.7 cm³/mol. The number of aryl methyl sites for hydroxylation is 1. The van der Waals surface area contributed by atoms with Crippen molar-refractivity contribution in [3.8, 4) is 5.88 Å². The summed E-state index contributed by atoms with van der Waals surface area (Å²) in [7, 11) is 0. The molecule has 0 aromatic carbocycles. The third-order valence-electron chi connectivity index (χ3n) is 2.57. The van der Waals surface area contributed by atoms with Crippen LogP contribution in [0.5, 0.6) is 5.88 Å². The Morgan fingerprint density at radius 1 is 1.30 bits per heavy atom. The van der Waals surface area contributed by atoms with Crippen LogP contribution in [0, 0.1) is 12.8 Å². The summed E-state index contributed by atoms with van der Waals surface area (Å²) in [4.78, 5) is 34.2. The van der Waals surface area contributed by atoms with Crippen LogP contribution in [0.3, 0.4) is 0 Å². The molecule has 1 heterocycles. The van der Waals surface area contributed by atoms with Gasteiger partial charge in [0.15, 0.2) is 13.2 Å². The quantitative estimate of drug-likeness (QED) is 0.677. The number of hydrogen-bond acceptors (Lipinski definition) is 7. The van der Waals surface area contributed by atoms with E-state index < -0.39 is 31.1 Å². The SMILES string of the molecule is Cc1cc(OCC(=O)OCC(=O)NC(=O)NCCC(C)C)no1. The fraction of sp³-hybridized carbons (Fsp3) is 0.571. The van der Waals surface area contributed by atoms with E-state index in [0.717, 1.165) is 6.42 Å². The summed E-state index contributed by atoms with van der Waals surface area (Å²) >= 11 is 0. The Hall–Kier alpha value is -2.58. The lowest BCUT2D eigenvalue weighted by molar-refractivity contribution is -0.150. The number of hydrogen-bond donors (Lipinski definition) is 2. The van der Waals surface area contributed by atoms with Gasteiger partial charge in [-0.25, -0.2) is 9.59 Å². The second-order valence-corrected chi connectivity index (χ2v) is 5.21. The molecular weight excluding hydrogens is 306 g/mol. The molecule has 0 aliphatic carbocycles. The average molecular weight is 327 g/mol. The second kappa shape index (κ2) is 9.44. The van der Waals surface area contributed by atoms with Gasteiger partial charge in [0.2, 0.25) is 0 Å². The lowest BCUT2D eigenvalue weighted by Crippen LogP contribution is -2.42. The zero-order valence-electron chi connectivity index (χ0n) is 13.4. The molecule has 0 saturated heterocycles. The molecule has 0 radical (unpaired) electrons. The number of amides is 3. The van der Waals surface area contributed by atoms with E-state index in [4.69, 9.17) is 9.26 Å². The molecule has 1 rings (SSSR count).